The maximum atomic E-state index is 13.0. The Morgan fingerprint density at radius 2 is 1.74 bits per heavy atom. The Morgan fingerprint density at radius 3 is 2.40 bits per heavy atom. The molecule has 0 atom stereocenters. The summed E-state index contributed by atoms with van der Waals surface area (Å²) in [7, 11) is 4.27. The summed E-state index contributed by atoms with van der Waals surface area (Å²) in [5, 5.41) is 9.49. The van der Waals surface area contributed by atoms with Gasteiger partial charge in [0.15, 0.2) is 16.8 Å². The summed E-state index contributed by atoms with van der Waals surface area (Å²) >= 11 is 7.50. The molecule has 0 spiro atoms. The molecule has 10 nitrogen and oxygen atoms in total. The van der Waals surface area contributed by atoms with Gasteiger partial charge in [-0.25, -0.2) is 4.79 Å². The monoisotopic (exact) mass is 512 g/mol. The number of methoxy groups -OCH3 is 1. The molecule has 4 aromatic rings. The van der Waals surface area contributed by atoms with Crippen LogP contribution in [0.15, 0.2) is 63.3 Å². The molecule has 0 bridgehead atoms. The van der Waals surface area contributed by atoms with Crippen LogP contribution in [0.4, 0.5) is 5.82 Å². The van der Waals surface area contributed by atoms with Gasteiger partial charge in [-0.05, 0) is 36.4 Å². The molecule has 180 valence electrons. The second-order valence-corrected chi connectivity index (χ2v) is 8.85. The van der Waals surface area contributed by atoms with Crippen molar-refractivity contribution >= 4 is 35.0 Å². The van der Waals surface area contributed by atoms with Gasteiger partial charge in [-0.3, -0.25) is 23.3 Å². The summed E-state index contributed by atoms with van der Waals surface area (Å²) in [6, 6.07) is 14.5. The maximum absolute atomic E-state index is 13.0. The summed E-state index contributed by atoms with van der Waals surface area (Å²) in [6.45, 7) is 0. The highest BCUT2D eigenvalue weighted by molar-refractivity contribution is 7.99. The fraction of sp³-hybridized carbons (Fsp3) is 0.174. The number of nitrogens with zero attached hydrogens (tertiary/aromatic N) is 5. The third-order valence-electron chi connectivity index (χ3n) is 5.40. The quantitative estimate of drug-likeness (QED) is 0.295. The molecule has 0 aliphatic rings. The van der Waals surface area contributed by atoms with Crippen molar-refractivity contribution in [3.63, 3.8) is 0 Å². The van der Waals surface area contributed by atoms with Gasteiger partial charge in [0, 0.05) is 25.3 Å². The summed E-state index contributed by atoms with van der Waals surface area (Å²) in [4.78, 5) is 37.6. The van der Waals surface area contributed by atoms with Crippen LogP contribution in [0.3, 0.4) is 0 Å². The van der Waals surface area contributed by atoms with Crippen LogP contribution in [0.2, 0.25) is 5.02 Å². The van der Waals surface area contributed by atoms with Crippen molar-refractivity contribution in [2.45, 2.75) is 5.16 Å². The molecule has 0 fully saturated rings. The normalized spacial score (nSPS) is 11.0. The van der Waals surface area contributed by atoms with Gasteiger partial charge in [-0.2, -0.15) is 0 Å². The highest BCUT2D eigenvalue weighted by atomic mass is 35.5. The first-order valence-corrected chi connectivity index (χ1v) is 11.7. The number of halogens is 1. The zero-order chi connectivity index (χ0) is 25.3. The van der Waals surface area contributed by atoms with Gasteiger partial charge in [0.25, 0.3) is 5.56 Å². The Morgan fingerprint density at radius 1 is 1.06 bits per heavy atom. The molecule has 0 aliphatic heterocycles. The average Bonchev–Trinajstić information content (AvgIpc) is 3.29. The van der Waals surface area contributed by atoms with E-state index in [0.717, 1.165) is 26.6 Å². The third kappa shape index (κ3) is 4.47. The molecule has 2 heterocycles. The first-order chi connectivity index (χ1) is 16.7. The molecule has 0 amide bonds. The predicted octanol–water partition coefficient (Wildman–Crippen LogP) is 2.55. The van der Waals surface area contributed by atoms with Gasteiger partial charge < -0.3 is 10.5 Å². The lowest BCUT2D eigenvalue weighted by Gasteiger charge is -2.12. The molecule has 0 aliphatic carbocycles. The standard InChI is InChI=1S/C23H21ClN6O4S/c1-28-19(25)18(21(32)29(2)23(28)33)17(31)12-35-22-27-26-20(15-6-4-5-7-16(15)24)30(22)13-8-10-14(34-3)11-9-13/h4-11H,12,25H2,1-3H3. The van der Waals surface area contributed by atoms with Gasteiger partial charge in [0.1, 0.15) is 17.1 Å². The van der Waals surface area contributed by atoms with Crippen molar-refractivity contribution in [1.82, 2.24) is 23.9 Å². The number of Topliss-reactive ketones (excluding diaryl/α,β-unsaturated/α-hetero) is 1. The number of rotatable bonds is 7. The van der Waals surface area contributed by atoms with E-state index in [1.807, 2.05) is 30.3 Å². The molecule has 2 N–H and O–H groups in total. The zero-order valence-corrected chi connectivity index (χ0v) is 20.6. The van der Waals surface area contributed by atoms with Crippen LogP contribution in [0.25, 0.3) is 17.1 Å². The average molecular weight is 513 g/mol. The molecule has 2 aromatic carbocycles. The number of benzene rings is 2. The molecule has 0 saturated carbocycles. The largest absolute Gasteiger partial charge is 0.497 e. The minimum Gasteiger partial charge on any atom is -0.497 e. The number of aromatic nitrogens is 5. The van der Waals surface area contributed by atoms with Gasteiger partial charge >= 0.3 is 5.69 Å². The second kappa shape index (κ2) is 9.80. The number of hydrogen-bond donors (Lipinski definition) is 1. The van der Waals surface area contributed by atoms with Gasteiger partial charge in [0.2, 0.25) is 0 Å². The van der Waals surface area contributed by atoms with Crippen LogP contribution in [-0.4, -0.2) is 42.5 Å². The van der Waals surface area contributed by atoms with Crippen LogP contribution in [0.1, 0.15) is 10.4 Å². The Balaban J connectivity index is 1.75. The SMILES string of the molecule is COc1ccc(-n2c(SCC(=O)c3c(N)n(C)c(=O)n(C)c3=O)nnc2-c2ccccc2Cl)cc1. The minimum atomic E-state index is -0.746. The number of carbonyl (C=O) groups excluding carboxylic acids is 1. The number of hydrogen-bond acceptors (Lipinski definition) is 8. The molecule has 0 unspecified atom stereocenters. The summed E-state index contributed by atoms with van der Waals surface area (Å²) in [5.74, 6) is 0.276. The van der Waals surface area contributed by atoms with E-state index in [9.17, 15) is 14.4 Å². The summed E-state index contributed by atoms with van der Waals surface area (Å²) in [5.41, 5.74) is 5.70. The summed E-state index contributed by atoms with van der Waals surface area (Å²) in [6.07, 6.45) is 0. The lowest BCUT2D eigenvalue weighted by atomic mass is 10.2. The number of ether oxygens (including phenoxy) is 1. The Kier molecular flexibility index (Phi) is 6.81. The van der Waals surface area contributed by atoms with E-state index >= 15 is 0 Å². The smallest absolute Gasteiger partial charge is 0.332 e. The number of ketones is 1. The second-order valence-electron chi connectivity index (χ2n) is 7.50. The van der Waals surface area contributed by atoms with Crippen LogP contribution in [0.5, 0.6) is 5.75 Å². The van der Waals surface area contributed by atoms with E-state index in [2.05, 4.69) is 10.2 Å². The van der Waals surface area contributed by atoms with Crippen molar-refractivity contribution < 1.29 is 9.53 Å². The molecule has 0 saturated heterocycles. The lowest BCUT2D eigenvalue weighted by Crippen LogP contribution is -2.41. The predicted molar refractivity (Wildman–Crippen MR) is 135 cm³/mol. The molecular formula is C23H21ClN6O4S. The van der Waals surface area contributed by atoms with E-state index in [0.29, 0.717) is 27.3 Å². The van der Waals surface area contributed by atoms with Crippen LogP contribution in [-0.2, 0) is 14.1 Å². The highest BCUT2D eigenvalue weighted by Crippen LogP contribution is 2.32. The van der Waals surface area contributed by atoms with E-state index in [1.165, 1.54) is 14.1 Å². The maximum Gasteiger partial charge on any atom is 0.332 e. The van der Waals surface area contributed by atoms with Crippen molar-refractivity contribution in [3.05, 3.63) is 80.0 Å². The number of nitrogens with two attached hydrogens (primary N) is 1. The number of nitrogen functional groups attached to an aromatic ring is 1. The van der Waals surface area contributed by atoms with Crippen molar-refractivity contribution in [3.8, 4) is 22.8 Å². The van der Waals surface area contributed by atoms with Gasteiger partial charge in [-0.1, -0.05) is 35.5 Å². The third-order valence-corrected chi connectivity index (χ3v) is 6.66. The Hall–Kier alpha value is -3.83. The number of thioether (sulfide) groups is 1. The first-order valence-electron chi connectivity index (χ1n) is 10.3. The van der Waals surface area contributed by atoms with Crippen molar-refractivity contribution in [2.24, 2.45) is 14.1 Å². The van der Waals surface area contributed by atoms with E-state index in [1.54, 1.807) is 29.9 Å². The molecule has 0 radical (unpaired) electrons. The van der Waals surface area contributed by atoms with Crippen LogP contribution < -0.4 is 21.7 Å². The topological polar surface area (TPSA) is 127 Å². The Labute approximate surface area is 208 Å². The number of carbonyl (C=O) groups is 1. The van der Waals surface area contributed by atoms with E-state index in [4.69, 9.17) is 22.1 Å². The first kappa shape index (κ1) is 24.3. The van der Waals surface area contributed by atoms with Crippen LogP contribution in [0, 0.1) is 0 Å². The molecule has 35 heavy (non-hydrogen) atoms. The summed E-state index contributed by atoms with van der Waals surface area (Å²) < 4.78 is 8.93. The number of anilines is 1. The van der Waals surface area contributed by atoms with E-state index in [-0.39, 0.29) is 17.1 Å². The molecule has 4 rings (SSSR count). The van der Waals surface area contributed by atoms with Crippen molar-refractivity contribution in [2.75, 3.05) is 18.6 Å². The fourth-order valence-electron chi connectivity index (χ4n) is 3.47. The molecular weight excluding hydrogens is 492 g/mol. The highest BCUT2D eigenvalue weighted by Gasteiger charge is 2.23. The fourth-order valence-corrected chi connectivity index (χ4v) is 4.51. The lowest BCUT2D eigenvalue weighted by molar-refractivity contribution is 0.102. The molecule has 2 aromatic heterocycles. The van der Waals surface area contributed by atoms with E-state index < -0.39 is 17.0 Å². The van der Waals surface area contributed by atoms with Gasteiger partial charge in [0.05, 0.1) is 17.9 Å². The van der Waals surface area contributed by atoms with Gasteiger partial charge in [-0.15, -0.1) is 10.2 Å². The molecule has 12 heteroatoms. The minimum absolute atomic E-state index is 0.158. The van der Waals surface area contributed by atoms with Crippen LogP contribution >= 0.6 is 23.4 Å². The zero-order valence-electron chi connectivity index (χ0n) is 19.1. The Bertz CT molecular complexity index is 1540. The van der Waals surface area contributed by atoms with Crippen molar-refractivity contribution in [1.29, 1.82) is 0 Å².